The van der Waals surface area contributed by atoms with Crippen LogP contribution in [-0.4, -0.2) is 28.7 Å². The molecule has 1 saturated carbocycles. The molecule has 6 atom stereocenters. The highest BCUT2D eigenvalue weighted by Crippen LogP contribution is 2.65. The van der Waals surface area contributed by atoms with E-state index in [1.54, 1.807) is 66.7 Å². The van der Waals surface area contributed by atoms with Crippen molar-refractivity contribution in [1.29, 1.82) is 0 Å². The molecule has 4 aromatic rings. The summed E-state index contributed by atoms with van der Waals surface area (Å²) in [6.07, 6.45) is 4.15. The highest BCUT2D eigenvalue weighted by molar-refractivity contribution is 6.32. The number of carbonyl (C=O) groups excluding carboxylic acids is 4. The molecule has 1 N–H and O–H groups in total. The molecule has 0 aromatic heterocycles. The maximum atomic E-state index is 15.2. The Morgan fingerprint density at radius 2 is 1.50 bits per heavy atom. The second kappa shape index (κ2) is 11.2. The molecule has 2 aliphatic carbocycles. The van der Waals surface area contributed by atoms with Gasteiger partial charge in [0, 0.05) is 16.5 Å². The van der Waals surface area contributed by atoms with Crippen LogP contribution < -0.4 is 9.80 Å². The number of benzene rings is 4. The second-order valence-corrected chi connectivity index (χ2v) is 13.4. The van der Waals surface area contributed by atoms with Crippen molar-refractivity contribution in [3.05, 3.63) is 143 Å². The quantitative estimate of drug-likeness (QED) is 0.184. The summed E-state index contributed by atoms with van der Waals surface area (Å²) in [6, 6.07) is 29.9. The van der Waals surface area contributed by atoms with Crippen molar-refractivity contribution in [2.24, 2.45) is 23.7 Å². The number of allylic oxidation sites excluding steroid dienone is 2. The molecule has 48 heavy (non-hydrogen) atoms. The van der Waals surface area contributed by atoms with Gasteiger partial charge in [0.25, 0.3) is 0 Å². The van der Waals surface area contributed by atoms with Gasteiger partial charge >= 0.3 is 0 Å². The van der Waals surface area contributed by atoms with E-state index in [-0.39, 0.29) is 24.0 Å². The van der Waals surface area contributed by atoms with Gasteiger partial charge in [-0.25, -0.2) is 4.90 Å². The molecule has 4 amide bonds. The van der Waals surface area contributed by atoms with Gasteiger partial charge in [-0.2, -0.15) is 0 Å². The molecule has 2 saturated heterocycles. The van der Waals surface area contributed by atoms with E-state index in [2.05, 4.69) is 6.58 Å². The molecule has 238 valence electrons. The van der Waals surface area contributed by atoms with E-state index in [9.17, 15) is 19.5 Å². The van der Waals surface area contributed by atoms with E-state index in [0.29, 0.717) is 33.9 Å². The van der Waals surface area contributed by atoms with Crippen LogP contribution in [0.2, 0.25) is 5.02 Å². The molecule has 4 aromatic carbocycles. The molecule has 0 unspecified atom stereocenters. The molecule has 0 radical (unpaired) electrons. The minimum Gasteiger partial charge on any atom is -0.508 e. The molecule has 4 aliphatic rings. The zero-order valence-electron chi connectivity index (χ0n) is 25.8. The van der Waals surface area contributed by atoms with Gasteiger partial charge in [0.15, 0.2) is 0 Å². The molecule has 7 nitrogen and oxygen atoms in total. The van der Waals surface area contributed by atoms with Crippen molar-refractivity contribution < 1.29 is 24.3 Å². The second-order valence-electron chi connectivity index (χ2n) is 13.0. The van der Waals surface area contributed by atoms with Gasteiger partial charge in [-0.05, 0) is 66.3 Å². The molecule has 3 fully saturated rings. The Labute approximate surface area is 282 Å². The van der Waals surface area contributed by atoms with Crippen LogP contribution in [0.3, 0.4) is 0 Å². The predicted octanol–water partition coefficient (Wildman–Crippen LogP) is 7.06. The summed E-state index contributed by atoms with van der Waals surface area (Å²) in [5, 5.41) is 11.8. The first-order valence-corrected chi connectivity index (χ1v) is 16.4. The summed E-state index contributed by atoms with van der Waals surface area (Å²) in [7, 11) is 0. The lowest BCUT2D eigenvalue weighted by Crippen LogP contribution is -2.53. The normalized spacial score (nSPS) is 27.8. The lowest BCUT2D eigenvalue weighted by molar-refractivity contribution is -0.127. The van der Waals surface area contributed by atoms with Gasteiger partial charge in [-0.1, -0.05) is 103 Å². The summed E-state index contributed by atoms with van der Waals surface area (Å²) in [6.45, 7) is 3.79. The van der Waals surface area contributed by atoms with Gasteiger partial charge in [-0.3, -0.25) is 24.1 Å². The largest absolute Gasteiger partial charge is 0.508 e. The Morgan fingerprint density at radius 3 is 2.21 bits per heavy atom. The van der Waals surface area contributed by atoms with E-state index in [0.717, 1.165) is 11.1 Å². The molecule has 0 bridgehead atoms. The number of carbonyl (C=O) groups is 4. The Bertz CT molecular complexity index is 2060. The zero-order chi connectivity index (χ0) is 33.3. The first kappa shape index (κ1) is 30.1. The molecule has 0 spiro atoms. The fraction of sp³-hybridized carbons (Fsp3) is 0.200. The minimum atomic E-state index is -1.44. The standard InChI is InChI=1S/C40H31ClN2O5/c1-2-23-15-17-26(18-16-23)42-36(45)30-20-19-28-31(34(30)38(42)47)22-32-37(46)43(27-12-8-11-25(41)21-27)39(48)40(32,24-9-4-3-5-10-24)35(28)29-13-6-7-14-33(29)44/h2-19,21,30-32,34-35,44H,1,20,22H2/t30-,31+,32-,34-,35+,40+/m0/s1. The van der Waals surface area contributed by atoms with Crippen molar-refractivity contribution in [2.75, 3.05) is 9.80 Å². The molecule has 2 aliphatic heterocycles. The van der Waals surface area contributed by atoms with Crippen LogP contribution in [0.15, 0.2) is 121 Å². The van der Waals surface area contributed by atoms with Gasteiger partial charge in [0.1, 0.15) is 5.75 Å². The summed E-state index contributed by atoms with van der Waals surface area (Å²) in [5.41, 5.74) is 2.18. The number of rotatable bonds is 5. The number of hydrogen-bond acceptors (Lipinski definition) is 5. The number of halogens is 1. The lowest BCUT2D eigenvalue weighted by atomic mass is 9.49. The number of hydrogen-bond donors (Lipinski definition) is 1. The van der Waals surface area contributed by atoms with E-state index in [1.165, 1.54) is 9.80 Å². The number of phenols is 1. The number of amides is 4. The number of anilines is 2. The van der Waals surface area contributed by atoms with Crippen molar-refractivity contribution in [3.63, 3.8) is 0 Å². The van der Waals surface area contributed by atoms with Crippen LogP contribution in [0.5, 0.6) is 5.75 Å². The number of phenolic OH excluding ortho intramolecular Hbond substituents is 1. The molecule has 8 rings (SSSR count). The maximum absolute atomic E-state index is 15.2. The number of aromatic hydroxyl groups is 1. The Balaban J connectivity index is 1.34. The van der Waals surface area contributed by atoms with E-state index in [4.69, 9.17) is 11.6 Å². The van der Waals surface area contributed by atoms with Gasteiger partial charge in [-0.15, -0.1) is 0 Å². The molecular weight excluding hydrogens is 624 g/mol. The summed E-state index contributed by atoms with van der Waals surface area (Å²) >= 11 is 6.37. The van der Waals surface area contributed by atoms with Crippen LogP contribution in [0.4, 0.5) is 11.4 Å². The minimum absolute atomic E-state index is 0.0144. The van der Waals surface area contributed by atoms with Gasteiger partial charge in [0.2, 0.25) is 23.6 Å². The number of nitrogens with zero attached hydrogens (tertiary/aromatic N) is 2. The fourth-order valence-corrected chi connectivity index (χ4v) is 9.02. The van der Waals surface area contributed by atoms with Crippen LogP contribution in [0, 0.1) is 23.7 Å². The zero-order valence-corrected chi connectivity index (χ0v) is 26.6. The monoisotopic (exact) mass is 654 g/mol. The average Bonchev–Trinajstić information content (AvgIpc) is 3.49. The third-order valence-electron chi connectivity index (χ3n) is 10.8. The van der Waals surface area contributed by atoms with Crippen molar-refractivity contribution in [2.45, 2.75) is 24.2 Å². The van der Waals surface area contributed by atoms with E-state index in [1.807, 2.05) is 48.5 Å². The molecular formula is C40H31ClN2O5. The lowest BCUT2D eigenvalue weighted by Gasteiger charge is -2.50. The summed E-state index contributed by atoms with van der Waals surface area (Å²) < 4.78 is 0. The first-order chi connectivity index (χ1) is 23.3. The molecule has 8 heteroatoms. The smallest absolute Gasteiger partial charge is 0.246 e. The Morgan fingerprint density at radius 1 is 0.771 bits per heavy atom. The SMILES string of the molecule is C=Cc1ccc(N2C(=O)[C@H]3[C@H](CC=C4[C@H]3C[C@H]3C(=O)N(c5cccc(Cl)c5)C(=O)[C@@]3(c3ccccc3)[C@H]4c3ccccc3O)C2=O)cc1. The predicted molar refractivity (Wildman–Crippen MR) is 183 cm³/mol. The molecule has 2 heterocycles. The fourth-order valence-electron chi connectivity index (χ4n) is 8.83. The van der Waals surface area contributed by atoms with Crippen molar-refractivity contribution >= 4 is 52.7 Å². The highest BCUT2D eigenvalue weighted by atomic mass is 35.5. The van der Waals surface area contributed by atoms with Crippen molar-refractivity contribution in [3.8, 4) is 5.75 Å². The van der Waals surface area contributed by atoms with Crippen LogP contribution >= 0.6 is 11.6 Å². The Hall–Kier alpha value is -5.27. The third kappa shape index (κ3) is 4.13. The maximum Gasteiger partial charge on any atom is 0.246 e. The van der Waals surface area contributed by atoms with Crippen molar-refractivity contribution in [1.82, 2.24) is 0 Å². The summed E-state index contributed by atoms with van der Waals surface area (Å²) in [5.74, 6) is -5.01. The number of para-hydroxylation sites is 1. The third-order valence-corrected chi connectivity index (χ3v) is 11.0. The van der Waals surface area contributed by atoms with Crippen LogP contribution in [-0.2, 0) is 24.6 Å². The first-order valence-electron chi connectivity index (χ1n) is 16.0. The van der Waals surface area contributed by atoms with Gasteiger partial charge in [0.05, 0.1) is 34.5 Å². The van der Waals surface area contributed by atoms with E-state index < -0.39 is 46.8 Å². The summed E-state index contributed by atoms with van der Waals surface area (Å²) in [4.78, 5) is 60.8. The van der Waals surface area contributed by atoms with Gasteiger partial charge < -0.3 is 5.11 Å². The Kier molecular flexibility index (Phi) is 7.00. The topological polar surface area (TPSA) is 95.0 Å². The number of fused-ring (bicyclic) bond motifs is 4. The number of imide groups is 2. The van der Waals surface area contributed by atoms with Crippen LogP contribution in [0.25, 0.3) is 6.08 Å². The average molecular weight is 655 g/mol. The van der Waals surface area contributed by atoms with E-state index >= 15 is 4.79 Å². The van der Waals surface area contributed by atoms with Crippen LogP contribution in [0.1, 0.15) is 35.4 Å². The highest BCUT2D eigenvalue weighted by Gasteiger charge is 2.70.